The Balaban J connectivity index is 1.97. The second kappa shape index (κ2) is 5.13. The molecule has 0 bridgehead atoms. The van der Waals surface area contributed by atoms with Gasteiger partial charge in [0.1, 0.15) is 23.2 Å². The Hall–Kier alpha value is -3.07. The molecule has 104 valence electrons. The summed E-state index contributed by atoms with van der Waals surface area (Å²) in [5.41, 5.74) is 7.92. The van der Waals surface area contributed by atoms with Crippen molar-refractivity contribution >= 4 is 16.7 Å². The van der Waals surface area contributed by atoms with Crippen LogP contribution in [0.15, 0.2) is 36.7 Å². The number of pyridine rings is 1. The van der Waals surface area contributed by atoms with Crippen LogP contribution in [-0.2, 0) is 6.54 Å². The third-order valence-corrected chi connectivity index (χ3v) is 3.25. The van der Waals surface area contributed by atoms with E-state index in [1.165, 1.54) is 6.20 Å². The van der Waals surface area contributed by atoms with Crippen LogP contribution in [-0.4, -0.2) is 21.9 Å². The molecule has 0 atom stereocenters. The highest BCUT2D eigenvalue weighted by Gasteiger charge is 2.10. The molecule has 0 saturated heterocycles. The van der Waals surface area contributed by atoms with Gasteiger partial charge in [0.15, 0.2) is 0 Å². The van der Waals surface area contributed by atoms with Crippen molar-refractivity contribution in [2.75, 3.05) is 12.8 Å². The summed E-state index contributed by atoms with van der Waals surface area (Å²) >= 11 is 0. The smallest absolute Gasteiger partial charge is 0.134 e. The largest absolute Gasteiger partial charge is 0.497 e. The van der Waals surface area contributed by atoms with Crippen LogP contribution in [0.25, 0.3) is 10.9 Å². The second-order valence-electron chi connectivity index (χ2n) is 4.61. The molecule has 6 heteroatoms. The summed E-state index contributed by atoms with van der Waals surface area (Å²) < 4.78 is 6.89. The van der Waals surface area contributed by atoms with Gasteiger partial charge in [-0.05, 0) is 17.7 Å². The third-order valence-electron chi connectivity index (χ3n) is 3.25. The third kappa shape index (κ3) is 2.37. The number of hydrogen-bond donors (Lipinski definition) is 1. The van der Waals surface area contributed by atoms with Gasteiger partial charge in [-0.25, -0.2) is 4.98 Å². The van der Waals surface area contributed by atoms with Gasteiger partial charge in [-0.15, -0.1) is 0 Å². The summed E-state index contributed by atoms with van der Waals surface area (Å²) in [6, 6.07) is 9.82. The number of benzene rings is 1. The first-order valence-corrected chi connectivity index (χ1v) is 6.36. The zero-order valence-electron chi connectivity index (χ0n) is 11.4. The Kier molecular flexibility index (Phi) is 3.16. The SMILES string of the molecule is COc1ccc(Cn2cc3c(N)ncc(C#N)c3n2)cc1. The zero-order chi connectivity index (χ0) is 14.8. The Labute approximate surface area is 121 Å². The molecule has 1 aromatic carbocycles. The molecule has 0 unspecified atom stereocenters. The van der Waals surface area contributed by atoms with Gasteiger partial charge in [-0.2, -0.15) is 10.4 Å². The lowest BCUT2D eigenvalue weighted by Crippen LogP contribution is -2.00. The molecule has 3 aromatic rings. The van der Waals surface area contributed by atoms with Gasteiger partial charge in [0, 0.05) is 12.4 Å². The lowest BCUT2D eigenvalue weighted by molar-refractivity contribution is 0.414. The molecule has 0 radical (unpaired) electrons. The Morgan fingerprint density at radius 3 is 2.76 bits per heavy atom. The number of nitrogens with zero attached hydrogens (tertiary/aromatic N) is 4. The molecule has 3 rings (SSSR count). The molecule has 2 heterocycles. The van der Waals surface area contributed by atoms with Crippen LogP contribution in [0.4, 0.5) is 5.82 Å². The second-order valence-corrected chi connectivity index (χ2v) is 4.61. The summed E-state index contributed by atoms with van der Waals surface area (Å²) in [6.07, 6.45) is 3.26. The molecule has 21 heavy (non-hydrogen) atoms. The maximum atomic E-state index is 9.09. The number of rotatable bonds is 3. The Morgan fingerprint density at radius 2 is 2.10 bits per heavy atom. The molecule has 0 amide bonds. The van der Waals surface area contributed by atoms with E-state index >= 15 is 0 Å². The predicted molar refractivity (Wildman–Crippen MR) is 78.8 cm³/mol. The quantitative estimate of drug-likeness (QED) is 0.791. The zero-order valence-corrected chi connectivity index (χ0v) is 11.4. The molecule has 0 aliphatic carbocycles. The fourth-order valence-corrected chi connectivity index (χ4v) is 2.15. The first-order chi connectivity index (χ1) is 10.2. The van der Waals surface area contributed by atoms with Gasteiger partial charge in [0.2, 0.25) is 0 Å². The molecule has 0 fully saturated rings. The summed E-state index contributed by atoms with van der Waals surface area (Å²) in [4.78, 5) is 4.01. The first kappa shape index (κ1) is 12.9. The normalized spacial score (nSPS) is 10.5. The number of aromatic nitrogens is 3. The minimum Gasteiger partial charge on any atom is -0.497 e. The van der Waals surface area contributed by atoms with Crippen LogP contribution < -0.4 is 10.5 Å². The van der Waals surface area contributed by atoms with Gasteiger partial charge in [-0.1, -0.05) is 12.1 Å². The van der Waals surface area contributed by atoms with Crippen molar-refractivity contribution in [2.24, 2.45) is 0 Å². The predicted octanol–water partition coefficient (Wildman–Crippen LogP) is 1.94. The van der Waals surface area contributed by atoms with Crippen LogP contribution in [0, 0.1) is 11.3 Å². The summed E-state index contributed by atoms with van der Waals surface area (Å²) in [5.74, 6) is 1.19. The van der Waals surface area contributed by atoms with Crippen molar-refractivity contribution in [3.8, 4) is 11.8 Å². The minimum absolute atomic E-state index is 0.380. The van der Waals surface area contributed by atoms with Gasteiger partial charge >= 0.3 is 0 Å². The van der Waals surface area contributed by atoms with Crippen molar-refractivity contribution in [3.05, 3.63) is 47.8 Å². The maximum Gasteiger partial charge on any atom is 0.134 e. The number of anilines is 1. The average molecular weight is 279 g/mol. The summed E-state index contributed by atoms with van der Waals surface area (Å²) in [6.45, 7) is 0.586. The van der Waals surface area contributed by atoms with Crippen molar-refractivity contribution in [1.82, 2.24) is 14.8 Å². The highest BCUT2D eigenvalue weighted by atomic mass is 16.5. The molecule has 0 spiro atoms. The molecule has 0 aliphatic heterocycles. The van der Waals surface area contributed by atoms with Crippen LogP contribution >= 0.6 is 0 Å². The number of hydrogen-bond acceptors (Lipinski definition) is 5. The van der Waals surface area contributed by atoms with E-state index in [4.69, 9.17) is 15.7 Å². The first-order valence-electron chi connectivity index (χ1n) is 6.36. The molecule has 6 nitrogen and oxygen atoms in total. The van der Waals surface area contributed by atoms with Crippen molar-refractivity contribution < 1.29 is 4.74 Å². The van der Waals surface area contributed by atoms with E-state index in [9.17, 15) is 0 Å². The Morgan fingerprint density at radius 1 is 1.33 bits per heavy atom. The average Bonchev–Trinajstić information content (AvgIpc) is 2.93. The van der Waals surface area contributed by atoms with E-state index in [1.54, 1.807) is 11.8 Å². The van der Waals surface area contributed by atoms with Crippen molar-refractivity contribution in [2.45, 2.75) is 6.54 Å². The number of nitriles is 1. The van der Waals surface area contributed by atoms with Gasteiger partial charge in [-0.3, -0.25) is 4.68 Å². The lowest BCUT2D eigenvalue weighted by atomic mass is 10.2. The lowest BCUT2D eigenvalue weighted by Gasteiger charge is -2.03. The van der Waals surface area contributed by atoms with Crippen LogP contribution in [0.2, 0.25) is 0 Å². The molecule has 2 aromatic heterocycles. The van der Waals surface area contributed by atoms with Crippen molar-refractivity contribution in [1.29, 1.82) is 5.26 Å². The van der Waals surface area contributed by atoms with Crippen molar-refractivity contribution in [3.63, 3.8) is 0 Å². The maximum absolute atomic E-state index is 9.09. The fourth-order valence-electron chi connectivity index (χ4n) is 2.15. The molecular formula is C15H13N5O. The fraction of sp³-hybridized carbons (Fsp3) is 0.133. The van der Waals surface area contributed by atoms with E-state index in [1.807, 2.05) is 30.5 Å². The van der Waals surface area contributed by atoms with E-state index in [2.05, 4.69) is 16.2 Å². The number of nitrogen functional groups attached to an aromatic ring is 1. The highest BCUT2D eigenvalue weighted by Crippen LogP contribution is 2.21. The number of ether oxygens (including phenoxy) is 1. The highest BCUT2D eigenvalue weighted by molar-refractivity contribution is 5.91. The molecule has 2 N–H and O–H groups in total. The molecule has 0 saturated carbocycles. The number of methoxy groups -OCH3 is 1. The molecular weight excluding hydrogens is 266 g/mol. The number of fused-ring (bicyclic) bond motifs is 1. The van der Waals surface area contributed by atoms with Crippen LogP contribution in [0.5, 0.6) is 5.75 Å². The monoisotopic (exact) mass is 279 g/mol. The number of nitrogens with two attached hydrogens (primary N) is 1. The van der Waals surface area contributed by atoms with Crippen LogP contribution in [0.1, 0.15) is 11.1 Å². The summed E-state index contributed by atoms with van der Waals surface area (Å²) in [5, 5.41) is 14.2. The van der Waals surface area contributed by atoms with Gasteiger partial charge in [0.05, 0.1) is 24.6 Å². The van der Waals surface area contributed by atoms with E-state index in [-0.39, 0.29) is 0 Å². The minimum atomic E-state index is 0.380. The van der Waals surface area contributed by atoms with E-state index < -0.39 is 0 Å². The Bertz CT molecular complexity index is 830. The van der Waals surface area contributed by atoms with Gasteiger partial charge in [0.25, 0.3) is 0 Å². The topological polar surface area (TPSA) is 89.8 Å². The standard InChI is InChI=1S/C15H13N5O/c1-21-12-4-2-10(3-5-12)8-20-9-13-14(19-20)11(6-16)7-18-15(13)17/h2-5,7,9H,8H2,1H3,(H2,17,18). The summed E-state index contributed by atoms with van der Waals surface area (Å²) in [7, 11) is 1.63. The van der Waals surface area contributed by atoms with E-state index in [0.717, 1.165) is 11.3 Å². The molecule has 0 aliphatic rings. The van der Waals surface area contributed by atoms with E-state index in [0.29, 0.717) is 28.8 Å². The van der Waals surface area contributed by atoms with Crippen LogP contribution in [0.3, 0.4) is 0 Å². The van der Waals surface area contributed by atoms with Gasteiger partial charge < -0.3 is 10.5 Å².